The molecular weight excluding hydrogens is 326 g/mol. The van der Waals surface area contributed by atoms with Crippen molar-refractivity contribution in [3.63, 3.8) is 0 Å². The van der Waals surface area contributed by atoms with Crippen molar-refractivity contribution in [1.82, 2.24) is 4.57 Å². The van der Waals surface area contributed by atoms with E-state index in [1.165, 1.54) is 23.9 Å². The molecule has 0 bridgehead atoms. The van der Waals surface area contributed by atoms with Gasteiger partial charge in [-0.2, -0.15) is 0 Å². The number of halogens is 1. The summed E-state index contributed by atoms with van der Waals surface area (Å²) in [6.07, 6.45) is 4.66. The maximum absolute atomic E-state index is 12.5. The first kappa shape index (κ1) is 16.0. The van der Waals surface area contributed by atoms with E-state index < -0.39 is 5.97 Å². The average molecular weight is 340 g/mol. The van der Waals surface area contributed by atoms with Crippen LogP contribution in [0.15, 0.2) is 60.8 Å². The Morgan fingerprint density at radius 3 is 2.50 bits per heavy atom. The number of benzene rings is 2. The molecule has 1 heterocycles. The maximum atomic E-state index is 12.5. The Hall–Kier alpha value is -2.85. The van der Waals surface area contributed by atoms with E-state index in [0.717, 1.165) is 5.56 Å². The molecule has 0 amide bonds. The Balaban J connectivity index is 1.98. The zero-order valence-electron chi connectivity index (χ0n) is 12.9. The van der Waals surface area contributed by atoms with Crippen molar-refractivity contribution in [3.05, 3.63) is 77.0 Å². The number of nitrogens with zero attached hydrogens (tertiary/aromatic N) is 1. The number of para-hydroxylation sites is 1. The highest BCUT2D eigenvalue weighted by molar-refractivity contribution is 6.30. The van der Waals surface area contributed by atoms with Gasteiger partial charge in [-0.25, -0.2) is 4.79 Å². The number of hydrogen-bond donors (Lipinski definition) is 0. The summed E-state index contributed by atoms with van der Waals surface area (Å²) in [6, 6.07) is 14.4. The molecule has 120 valence electrons. The minimum Gasteiger partial charge on any atom is -0.465 e. The lowest BCUT2D eigenvalue weighted by Crippen LogP contribution is -2.06. The van der Waals surface area contributed by atoms with Gasteiger partial charge in [0.05, 0.1) is 18.2 Å². The smallest absolute Gasteiger partial charge is 0.340 e. The predicted octanol–water partition coefficient (Wildman–Crippen LogP) is 4.43. The van der Waals surface area contributed by atoms with Crippen molar-refractivity contribution < 1.29 is 14.3 Å². The lowest BCUT2D eigenvalue weighted by Gasteiger charge is -1.99. The summed E-state index contributed by atoms with van der Waals surface area (Å²) in [6.45, 7) is 0. The standard InChI is InChI=1S/C19H14ClNO3/c1-24-19(23)16-12-21(17-5-3-2-4-15(16)17)18(22)11-8-13-6-9-14(20)10-7-13/h2-12H,1H3/b11-8+. The number of methoxy groups -OCH3 is 1. The zero-order valence-corrected chi connectivity index (χ0v) is 13.7. The van der Waals surface area contributed by atoms with E-state index in [0.29, 0.717) is 21.5 Å². The van der Waals surface area contributed by atoms with Crippen molar-refractivity contribution >= 4 is 40.5 Å². The molecule has 0 unspecified atom stereocenters. The molecule has 0 saturated carbocycles. The SMILES string of the molecule is COC(=O)c1cn(C(=O)/C=C/c2ccc(Cl)cc2)c2ccccc12. The van der Waals surface area contributed by atoms with Gasteiger partial charge in [0, 0.05) is 22.7 Å². The number of ether oxygens (including phenoxy) is 1. The molecule has 0 fully saturated rings. The van der Waals surface area contributed by atoms with E-state index in [9.17, 15) is 9.59 Å². The monoisotopic (exact) mass is 339 g/mol. The Bertz CT molecular complexity index is 939. The fourth-order valence-corrected chi connectivity index (χ4v) is 2.58. The summed E-state index contributed by atoms with van der Waals surface area (Å²) in [4.78, 5) is 24.4. The maximum Gasteiger partial charge on any atom is 0.340 e. The number of carbonyl (C=O) groups is 2. The van der Waals surface area contributed by atoms with E-state index in [1.807, 2.05) is 24.3 Å². The molecule has 1 aromatic heterocycles. The van der Waals surface area contributed by atoms with Crippen LogP contribution in [0.25, 0.3) is 17.0 Å². The molecule has 0 spiro atoms. The van der Waals surface area contributed by atoms with Crippen LogP contribution in [0.4, 0.5) is 0 Å². The quantitative estimate of drug-likeness (QED) is 0.523. The van der Waals surface area contributed by atoms with Crippen molar-refractivity contribution in [2.45, 2.75) is 0 Å². The van der Waals surface area contributed by atoms with Gasteiger partial charge in [-0.05, 0) is 29.8 Å². The van der Waals surface area contributed by atoms with E-state index in [1.54, 1.807) is 30.3 Å². The van der Waals surface area contributed by atoms with Gasteiger partial charge in [0.25, 0.3) is 5.91 Å². The Morgan fingerprint density at radius 1 is 1.08 bits per heavy atom. The zero-order chi connectivity index (χ0) is 17.1. The third-order valence-corrected chi connectivity index (χ3v) is 3.90. The second-order valence-electron chi connectivity index (χ2n) is 5.14. The van der Waals surface area contributed by atoms with Gasteiger partial charge in [-0.15, -0.1) is 0 Å². The first-order valence-electron chi connectivity index (χ1n) is 7.26. The summed E-state index contributed by atoms with van der Waals surface area (Å²) in [7, 11) is 1.32. The minimum absolute atomic E-state index is 0.253. The molecule has 0 radical (unpaired) electrons. The number of allylic oxidation sites excluding steroid dienone is 1. The van der Waals surface area contributed by atoms with E-state index in [2.05, 4.69) is 0 Å². The summed E-state index contributed by atoms with van der Waals surface area (Å²) in [5, 5.41) is 1.31. The summed E-state index contributed by atoms with van der Waals surface area (Å²) < 4.78 is 6.22. The Labute approximate surface area is 143 Å². The normalized spacial score (nSPS) is 11.1. The second-order valence-corrected chi connectivity index (χ2v) is 5.58. The van der Waals surface area contributed by atoms with Gasteiger partial charge in [0.1, 0.15) is 0 Å². The highest BCUT2D eigenvalue weighted by Gasteiger charge is 2.17. The largest absolute Gasteiger partial charge is 0.465 e. The Morgan fingerprint density at radius 2 is 1.79 bits per heavy atom. The fourth-order valence-electron chi connectivity index (χ4n) is 2.46. The molecule has 0 saturated heterocycles. The van der Waals surface area contributed by atoms with Gasteiger partial charge in [0.15, 0.2) is 0 Å². The molecule has 3 aromatic rings. The summed E-state index contributed by atoms with van der Waals surface area (Å²) >= 11 is 5.84. The van der Waals surface area contributed by atoms with E-state index in [4.69, 9.17) is 16.3 Å². The van der Waals surface area contributed by atoms with Crippen molar-refractivity contribution in [1.29, 1.82) is 0 Å². The number of rotatable bonds is 3. The van der Waals surface area contributed by atoms with Crippen LogP contribution in [-0.2, 0) is 4.74 Å². The van der Waals surface area contributed by atoms with Crippen molar-refractivity contribution in [3.8, 4) is 0 Å². The molecule has 0 N–H and O–H groups in total. The molecule has 0 atom stereocenters. The predicted molar refractivity (Wildman–Crippen MR) is 94.4 cm³/mol. The van der Waals surface area contributed by atoms with Crippen LogP contribution in [0, 0.1) is 0 Å². The molecule has 0 aliphatic heterocycles. The number of carbonyl (C=O) groups excluding carboxylic acids is 2. The second kappa shape index (κ2) is 6.72. The van der Waals surface area contributed by atoms with Crippen LogP contribution in [-0.4, -0.2) is 23.6 Å². The number of esters is 1. The first-order valence-corrected chi connectivity index (χ1v) is 7.64. The number of hydrogen-bond acceptors (Lipinski definition) is 3. The van der Waals surface area contributed by atoms with Crippen molar-refractivity contribution in [2.24, 2.45) is 0 Å². The first-order chi connectivity index (χ1) is 11.6. The molecule has 24 heavy (non-hydrogen) atoms. The van der Waals surface area contributed by atoms with Gasteiger partial charge in [-0.1, -0.05) is 41.9 Å². The molecule has 2 aromatic carbocycles. The van der Waals surface area contributed by atoms with Crippen LogP contribution in [0.5, 0.6) is 0 Å². The highest BCUT2D eigenvalue weighted by atomic mass is 35.5. The molecular formula is C19H14ClNO3. The number of fused-ring (bicyclic) bond motifs is 1. The lowest BCUT2D eigenvalue weighted by atomic mass is 10.2. The van der Waals surface area contributed by atoms with E-state index in [-0.39, 0.29) is 5.91 Å². The lowest BCUT2D eigenvalue weighted by molar-refractivity contribution is 0.0603. The third kappa shape index (κ3) is 3.09. The average Bonchev–Trinajstić information content (AvgIpc) is 3.00. The van der Waals surface area contributed by atoms with Crippen LogP contribution in [0.3, 0.4) is 0 Å². The van der Waals surface area contributed by atoms with Gasteiger partial charge >= 0.3 is 5.97 Å². The molecule has 4 nitrogen and oxygen atoms in total. The molecule has 3 rings (SSSR count). The Kier molecular flexibility index (Phi) is 4.49. The topological polar surface area (TPSA) is 48.3 Å². The highest BCUT2D eigenvalue weighted by Crippen LogP contribution is 2.22. The molecule has 0 aliphatic carbocycles. The minimum atomic E-state index is -0.473. The van der Waals surface area contributed by atoms with Gasteiger partial charge < -0.3 is 4.74 Å². The van der Waals surface area contributed by atoms with Gasteiger partial charge in [0.2, 0.25) is 0 Å². The third-order valence-electron chi connectivity index (χ3n) is 3.64. The van der Waals surface area contributed by atoms with Crippen LogP contribution >= 0.6 is 11.6 Å². The molecule has 5 heteroatoms. The summed E-state index contributed by atoms with van der Waals surface area (Å²) in [5.41, 5.74) is 1.88. The van der Waals surface area contributed by atoms with E-state index >= 15 is 0 Å². The fraction of sp³-hybridized carbons (Fsp3) is 0.0526. The molecule has 0 aliphatic rings. The number of aromatic nitrogens is 1. The van der Waals surface area contributed by atoms with Crippen molar-refractivity contribution in [2.75, 3.05) is 7.11 Å². The van der Waals surface area contributed by atoms with Crippen LogP contribution < -0.4 is 0 Å². The van der Waals surface area contributed by atoms with Crippen LogP contribution in [0.1, 0.15) is 20.7 Å². The van der Waals surface area contributed by atoms with Gasteiger partial charge in [-0.3, -0.25) is 9.36 Å². The summed E-state index contributed by atoms with van der Waals surface area (Å²) in [5.74, 6) is -0.726. The van der Waals surface area contributed by atoms with Crippen LogP contribution in [0.2, 0.25) is 5.02 Å².